The van der Waals surface area contributed by atoms with Crippen LogP contribution in [0, 0.1) is 13.8 Å². The molecule has 212 valence electrons. The maximum atomic E-state index is 12.4. The van der Waals surface area contributed by atoms with Crippen molar-refractivity contribution < 1.29 is 14.0 Å². The van der Waals surface area contributed by atoms with E-state index < -0.39 is 22.5 Å². The molecular weight excluding hydrogens is 530 g/mol. The summed E-state index contributed by atoms with van der Waals surface area (Å²) in [7, 11) is 0. The van der Waals surface area contributed by atoms with Crippen molar-refractivity contribution >= 4 is 23.7 Å². The molecular formula is C29H29N5O7. The molecule has 3 aromatic heterocycles. The van der Waals surface area contributed by atoms with Gasteiger partial charge in [0.1, 0.15) is 17.3 Å². The first kappa shape index (κ1) is 28.9. The van der Waals surface area contributed by atoms with Gasteiger partial charge in [0.05, 0.1) is 6.42 Å². The van der Waals surface area contributed by atoms with E-state index in [1.54, 1.807) is 32.2 Å². The van der Waals surface area contributed by atoms with E-state index in [9.17, 15) is 28.8 Å². The summed E-state index contributed by atoms with van der Waals surface area (Å²) >= 11 is 0. The largest absolute Gasteiger partial charge is 0.443 e. The zero-order valence-corrected chi connectivity index (χ0v) is 22.6. The number of hydrogen-bond acceptors (Lipinski definition) is 8. The van der Waals surface area contributed by atoms with Gasteiger partial charge in [-0.1, -0.05) is 24.3 Å². The van der Waals surface area contributed by atoms with E-state index in [-0.39, 0.29) is 50.3 Å². The van der Waals surface area contributed by atoms with Gasteiger partial charge in [0.2, 0.25) is 5.88 Å². The molecule has 0 aliphatic rings. The van der Waals surface area contributed by atoms with Crippen molar-refractivity contribution in [3.8, 4) is 0 Å². The zero-order chi connectivity index (χ0) is 29.5. The molecule has 2 N–H and O–H groups in total. The highest BCUT2D eigenvalue weighted by atomic mass is 16.4. The Kier molecular flexibility index (Phi) is 9.02. The Morgan fingerprint density at radius 1 is 0.780 bits per heavy atom. The predicted octanol–water partition coefficient (Wildman–Crippen LogP) is 1.75. The molecule has 0 fully saturated rings. The number of aryl methyl sites for hydroxylation is 4. The van der Waals surface area contributed by atoms with E-state index in [4.69, 9.17) is 4.42 Å². The van der Waals surface area contributed by atoms with Crippen molar-refractivity contribution in [2.75, 3.05) is 0 Å². The molecule has 0 spiro atoms. The van der Waals surface area contributed by atoms with Crippen molar-refractivity contribution in [2.45, 2.75) is 52.6 Å². The smallest absolute Gasteiger partial charge is 0.328 e. The molecule has 41 heavy (non-hydrogen) atoms. The van der Waals surface area contributed by atoms with Gasteiger partial charge in [0.15, 0.2) is 0 Å². The molecule has 0 radical (unpaired) electrons. The van der Waals surface area contributed by atoms with Crippen LogP contribution in [0.15, 0.2) is 77.4 Å². The van der Waals surface area contributed by atoms with E-state index in [1.807, 2.05) is 24.3 Å². The van der Waals surface area contributed by atoms with Crippen LogP contribution >= 0.6 is 0 Å². The van der Waals surface area contributed by atoms with Crippen LogP contribution in [0.4, 0.5) is 5.88 Å². The number of furan rings is 1. The average Bonchev–Trinajstić information content (AvgIpc) is 3.38. The number of hydrogen-bond donors (Lipinski definition) is 2. The highest BCUT2D eigenvalue weighted by Crippen LogP contribution is 2.18. The van der Waals surface area contributed by atoms with Crippen molar-refractivity contribution in [1.29, 1.82) is 0 Å². The lowest BCUT2D eigenvalue weighted by atomic mass is 10.1. The van der Waals surface area contributed by atoms with Gasteiger partial charge >= 0.3 is 11.4 Å². The molecule has 12 nitrogen and oxygen atoms in total. The first-order valence-corrected chi connectivity index (χ1v) is 12.9. The summed E-state index contributed by atoms with van der Waals surface area (Å²) in [5, 5.41) is 0. The van der Waals surface area contributed by atoms with Gasteiger partial charge < -0.3 is 4.42 Å². The molecule has 4 rings (SSSR count). The minimum absolute atomic E-state index is 0.0410. The minimum Gasteiger partial charge on any atom is -0.443 e. The summed E-state index contributed by atoms with van der Waals surface area (Å²) < 4.78 is 8.24. The number of Topliss-reactive ketones (excluding diaryl/α,β-unsaturated/α-hetero) is 2. The Morgan fingerprint density at radius 3 is 1.88 bits per heavy atom. The molecule has 0 saturated heterocycles. The molecule has 0 amide bonds. The fourth-order valence-corrected chi connectivity index (χ4v) is 4.05. The molecule has 3 heterocycles. The monoisotopic (exact) mass is 559 g/mol. The number of aromatic nitrogens is 4. The molecule has 0 aliphatic carbocycles. The lowest BCUT2D eigenvalue weighted by Gasteiger charge is -2.06. The highest BCUT2D eigenvalue weighted by Gasteiger charge is 2.10. The van der Waals surface area contributed by atoms with Crippen LogP contribution in [0.1, 0.15) is 40.9 Å². The topological polar surface area (TPSA) is 169 Å². The summed E-state index contributed by atoms with van der Waals surface area (Å²) in [5.41, 5.74) is 0.417. The second-order valence-corrected chi connectivity index (χ2v) is 9.70. The zero-order valence-electron chi connectivity index (χ0n) is 22.6. The van der Waals surface area contributed by atoms with E-state index in [0.29, 0.717) is 22.8 Å². The lowest BCUT2D eigenvalue weighted by molar-refractivity contribution is -0.119. The van der Waals surface area contributed by atoms with Crippen LogP contribution in [0.25, 0.3) is 0 Å². The quantitative estimate of drug-likeness (QED) is 0.249. The Labute approximate surface area is 233 Å². The van der Waals surface area contributed by atoms with Gasteiger partial charge in [-0.15, -0.1) is 0 Å². The fourth-order valence-electron chi connectivity index (χ4n) is 4.05. The molecule has 0 bridgehead atoms. The van der Waals surface area contributed by atoms with Gasteiger partial charge in [0, 0.05) is 68.2 Å². The maximum Gasteiger partial charge on any atom is 0.328 e. The highest BCUT2D eigenvalue weighted by molar-refractivity contribution is 5.83. The SMILES string of the molecule is Cc1cn(CCC(=O)Cc2ccc(C=Nc3ccc(CC(=O)CCn4cc(C)c(=O)[nH]c4=O)o3)cc2)c(=O)[nH]c1=O. The first-order valence-electron chi connectivity index (χ1n) is 12.9. The average molecular weight is 560 g/mol. The molecule has 0 aliphatic heterocycles. The van der Waals surface area contributed by atoms with Crippen molar-refractivity contribution in [3.05, 3.63) is 118 Å². The van der Waals surface area contributed by atoms with Crippen LogP contribution in [0.3, 0.4) is 0 Å². The van der Waals surface area contributed by atoms with Crippen LogP contribution in [0.2, 0.25) is 0 Å². The van der Waals surface area contributed by atoms with Crippen LogP contribution in [-0.2, 0) is 35.5 Å². The number of aromatic amines is 2. The van der Waals surface area contributed by atoms with Crippen molar-refractivity contribution in [2.24, 2.45) is 4.99 Å². The Morgan fingerprint density at radius 2 is 1.32 bits per heavy atom. The number of rotatable bonds is 12. The van der Waals surface area contributed by atoms with Crippen LogP contribution in [0.5, 0.6) is 0 Å². The minimum atomic E-state index is -0.557. The summed E-state index contributed by atoms with van der Waals surface area (Å²) in [6.07, 6.45) is 5.00. The number of benzene rings is 1. The van der Waals surface area contributed by atoms with Crippen molar-refractivity contribution in [3.63, 3.8) is 0 Å². The van der Waals surface area contributed by atoms with Crippen LogP contribution < -0.4 is 22.5 Å². The molecule has 0 saturated carbocycles. The maximum absolute atomic E-state index is 12.4. The number of ketones is 2. The first-order chi connectivity index (χ1) is 19.6. The third-order valence-electron chi connectivity index (χ3n) is 6.38. The standard InChI is InChI=1S/C29H29N5O7/c1-18-16-33(28(39)31-26(18)37)11-9-22(35)13-20-3-5-21(6-4-20)15-30-25-8-7-24(41-25)14-23(36)10-12-34-17-19(2)27(38)32-29(34)40/h3-8,15-17H,9-14H2,1-2H3,(H,31,37,39)(H,32,38,40). The fraction of sp³-hybridized carbons (Fsp3) is 0.276. The van der Waals surface area contributed by atoms with E-state index >= 15 is 0 Å². The van der Waals surface area contributed by atoms with E-state index in [2.05, 4.69) is 15.0 Å². The van der Waals surface area contributed by atoms with Crippen LogP contribution in [-0.4, -0.2) is 36.9 Å². The number of carbonyl (C=O) groups excluding carboxylic acids is 2. The number of carbonyl (C=O) groups is 2. The summed E-state index contributed by atoms with van der Waals surface area (Å²) in [5.74, 6) is 0.602. The lowest BCUT2D eigenvalue weighted by Crippen LogP contribution is -2.31. The molecule has 0 unspecified atom stereocenters. The molecule has 4 aromatic rings. The summed E-state index contributed by atoms with van der Waals surface area (Å²) in [6.45, 7) is 3.52. The summed E-state index contributed by atoms with van der Waals surface area (Å²) in [4.78, 5) is 80.1. The third kappa shape index (κ3) is 7.94. The van der Waals surface area contributed by atoms with Gasteiger partial charge in [0.25, 0.3) is 11.1 Å². The Bertz CT molecular complexity index is 1830. The number of aliphatic imine (C=N–C) groups is 1. The third-order valence-corrected chi connectivity index (χ3v) is 6.38. The number of H-pyrrole nitrogens is 2. The van der Waals surface area contributed by atoms with Crippen molar-refractivity contribution in [1.82, 2.24) is 19.1 Å². The number of nitrogens with zero attached hydrogens (tertiary/aromatic N) is 3. The van der Waals surface area contributed by atoms with Gasteiger partial charge in [-0.25, -0.2) is 14.6 Å². The van der Waals surface area contributed by atoms with Gasteiger partial charge in [-0.2, -0.15) is 0 Å². The molecule has 1 aromatic carbocycles. The molecule has 0 atom stereocenters. The normalized spacial score (nSPS) is 11.3. The second kappa shape index (κ2) is 12.8. The van der Waals surface area contributed by atoms with E-state index in [0.717, 1.165) is 11.1 Å². The second-order valence-electron chi connectivity index (χ2n) is 9.70. The van der Waals surface area contributed by atoms with Gasteiger partial charge in [-0.3, -0.25) is 38.3 Å². The predicted molar refractivity (Wildman–Crippen MR) is 151 cm³/mol. The summed E-state index contributed by atoms with van der Waals surface area (Å²) in [6, 6.07) is 10.6. The Hall–Kier alpha value is -5.13. The number of nitrogens with one attached hydrogen (secondary N) is 2. The van der Waals surface area contributed by atoms with E-state index in [1.165, 1.54) is 21.5 Å². The van der Waals surface area contributed by atoms with Gasteiger partial charge in [-0.05, 0) is 31.0 Å². The Balaban J connectivity index is 1.25. The molecule has 12 heteroatoms.